The van der Waals surface area contributed by atoms with Crippen molar-refractivity contribution in [2.75, 3.05) is 14.2 Å². The smallest absolute Gasteiger partial charge is 0.311 e. The Bertz CT molecular complexity index is 403. The largest absolute Gasteiger partial charge is 0.490 e. The van der Waals surface area contributed by atoms with E-state index in [-0.39, 0.29) is 17.0 Å². The molecule has 0 fully saturated rings. The first-order chi connectivity index (χ1) is 7.11. The fraction of sp³-hybridized carbons (Fsp3) is 0.222. The van der Waals surface area contributed by atoms with E-state index < -0.39 is 10.8 Å². The third-order valence-corrected chi connectivity index (χ3v) is 1.87. The minimum absolute atomic E-state index is 0.0261. The molecule has 0 aliphatic heterocycles. The molecule has 80 valence electrons. The van der Waals surface area contributed by atoms with Crippen LogP contribution >= 0.6 is 0 Å². The molecule has 6 heteroatoms. The average Bonchev–Trinajstić information content (AvgIpc) is 2.26. The number of nitro benzene ring substituents is 1. The first-order valence-corrected chi connectivity index (χ1v) is 4.15. The van der Waals surface area contributed by atoms with Crippen LogP contribution < -0.4 is 10.1 Å². The monoisotopic (exact) mass is 210 g/mol. The van der Waals surface area contributed by atoms with Crippen molar-refractivity contribution in [2.45, 2.75) is 0 Å². The molecule has 1 aromatic carbocycles. The van der Waals surface area contributed by atoms with E-state index in [1.54, 1.807) is 0 Å². The first kappa shape index (κ1) is 11.0. The molecule has 0 aromatic heterocycles. The third-order valence-electron chi connectivity index (χ3n) is 1.87. The van der Waals surface area contributed by atoms with Crippen LogP contribution in [0.1, 0.15) is 10.4 Å². The molecule has 0 unspecified atom stereocenters. The summed E-state index contributed by atoms with van der Waals surface area (Å²) in [6, 6.07) is 4.18. The van der Waals surface area contributed by atoms with Crippen LogP contribution in [0.25, 0.3) is 0 Å². The Kier molecular flexibility index (Phi) is 3.22. The topological polar surface area (TPSA) is 81.5 Å². The van der Waals surface area contributed by atoms with Crippen LogP contribution in [0.4, 0.5) is 5.69 Å². The van der Waals surface area contributed by atoms with Crippen molar-refractivity contribution in [3.05, 3.63) is 33.9 Å². The molecule has 1 N–H and O–H groups in total. The van der Waals surface area contributed by atoms with Crippen molar-refractivity contribution in [3.8, 4) is 5.75 Å². The summed E-state index contributed by atoms with van der Waals surface area (Å²) >= 11 is 0. The number of nitrogens with one attached hydrogen (secondary N) is 1. The van der Waals surface area contributed by atoms with Crippen LogP contribution in [0.15, 0.2) is 18.2 Å². The molecule has 1 rings (SSSR count). The van der Waals surface area contributed by atoms with Gasteiger partial charge in [0.05, 0.1) is 17.6 Å². The zero-order chi connectivity index (χ0) is 11.4. The lowest BCUT2D eigenvalue weighted by Gasteiger charge is -2.06. The van der Waals surface area contributed by atoms with Gasteiger partial charge in [-0.15, -0.1) is 0 Å². The van der Waals surface area contributed by atoms with E-state index in [0.717, 1.165) is 0 Å². The molecule has 0 heterocycles. The molecule has 0 bridgehead atoms. The molecular formula is C9H10N2O4. The standard InChI is InChI=1S/C9H10N2O4/c1-10-9(12)6-4-3-5-7(11(13)14)8(6)15-2/h3-5H,1-2H3,(H,10,12). The molecule has 0 spiro atoms. The van der Waals surface area contributed by atoms with E-state index in [0.29, 0.717) is 0 Å². The van der Waals surface area contributed by atoms with Gasteiger partial charge in [0.1, 0.15) is 0 Å². The van der Waals surface area contributed by atoms with Gasteiger partial charge < -0.3 is 10.1 Å². The Morgan fingerprint density at radius 3 is 2.67 bits per heavy atom. The Labute approximate surface area is 86.0 Å². The van der Waals surface area contributed by atoms with Gasteiger partial charge in [0.15, 0.2) is 0 Å². The lowest BCUT2D eigenvalue weighted by atomic mass is 10.1. The fourth-order valence-electron chi connectivity index (χ4n) is 1.20. The van der Waals surface area contributed by atoms with Crippen molar-refractivity contribution in [1.82, 2.24) is 5.32 Å². The molecule has 0 aliphatic carbocycles. The number of benzene rings is 1. The number of ether oxygens (including phenoxy) is 1. The van der Waals surface area contributed by atoms with Crippen molar-refractivity contribution < 1.29 is 14.5 Å². The SMILES string of the molecule is CNC(=O)c1cccc([N+](=O)[O-])c1OC. The number of methoxy groups -OCH3 is 1. The maximum absolute atomic E-state index is 11.4. The molecular weight excluding hydrogens is 200 g/mol. The minimum atomic E-state index is -0.592. The molecule has 0 aliphatic rings. The lowest BCUT2D eigenvalue weighted by molar-refractivity contribution is -0.385. The lowest BCUT2D eigenvalue weighted by Crippen LogP contribution is -2.18. The number of para-hydroxylation sites is 1. The summed E-state index contributed by atoms with van der Waals surface area (Å²) in [5.74, 6) is -0.447. The van der Waals surface area contributed by atoms with E-state index in [1.165, 1.54) is 32.4 Å². The minimum Gasteiger partial charge on any atom is -0.490 e. The normalized spacial score (nSPS) is 9.47. The average molecular weight is 210 g/mol. The molecule has 0 saturated carbocycles. The van der Waals surface area contributed by atoms with E-state index in [4.69, 9.17) is 4.74 Å². The summed E-state index contributed by atoms with van der Waals surface area (Å²) in [4.78, 5) is 21.4. The predicted octanol–water partition coefficient (Wildman–Crippen LogP) is 0.963. The van der Waals surface area contributed by atoms with Gasteiger partial charge in [-0.2, -0.15) is 0 Å². The number of nitrogens with zero attached hydrogens (tertiary/aromatic N) is 1. The molecule has 0 radical (unpaired) electrons. The second kappa shape index (κ2) is 4.41. The summed E-state index contributed by atoms with van der Waals surface area (Å²) < 4.78 is 4.86. The molecule has 15 heavy (non-hydrogen) atoms. The Balaban J connectivity index is 3.34. The maximum atomic E-state index is 11.4. The first-order valence-electron chi connectivity index (χ1n) is 4.15. The highest BCUT2D eigenvalue weighted by Crippen LogP contribution is 2.30. The van der Waals surface area contributed by atoms with Gasteiger partial charge in [-0.1, -0.05) is 6.07 Å². The van der Waals surface area contributed by atoms with Crippen LogP contribution in [-0.2, 0) is 0 Å². The molecule has 6 nitrogen and oxygen atoms in total. The van der Waals surface area contributed by atoms with Gasteiger partial charge in [-0.05, 0) is 6.07 Å². The van der Waals surface area contributed by atoms with Gasteiger partial charge in [0.25, 0.3) is 5.91 Å². The van der Waals surface area contributed by atoms with Crippen LogP contribution in [0.3, 0.4) is 0 Å². The Morgan fingerprint density at radius 1 is 1.53 bits per heavy atom. The highest BCUT2D eigenvalue weighted by molar-refractivity contribution is 5.98. The number of carbonyl (C=O) groups is 1. The highest BCUT2D eigenvalue weighted by atomic mass is 16.6. The van der Waals surface area contributed by atoms with Crippen molar-refractivity contribution in [3.63, 3.8) is 0 Å². The van der Waals surface area contributed by atoms with Crippen molar-refractivity contribution >= 4 is 11.6 Å². The van der Waals surface area contributed by atoms with E-state index in [9.17, 15) is 14.9 Å². The quantitative estimate of drug-likeness (QED) is 0.595. The number of carbonyl (C=O) groups excluding carboxylic acids is 1. The predicted molar refractivity (Wildman–Crippen MR) is 53.0 cm³/mol. The third kappa shape index (κ3) is 2.04. The molecule has 1 aromatic rings. The van der Waals surface area contributed by atoms with Gasteiger partial charge in [-0.25, -0.2) is 0 Å². The van der Waals surface area contributed by atoms with Crippen molar-refractivity contribution in [2.24, 2.45) is 0 Å². The number of rotatable bonds is 3. The van der Waals surface area contributed by atoms with Crippen LogP contribution in [0.2, 0.25) is 0 Å². The van der Waals surface area contributed by atoms with Crippen LogP contribution in [0.5, 0.6) is 5.75 Å². The Hall–Kier alpha value is -2.11. The number of amides is 1. The fourth-order valence-corrected chi connectivity index (χ4v) is 1.20. The zero-order valence-electron chi connectivity index (χ0n) is 8.31. The zero-order valence-corrected chi connectivity index (χ0v) is 8.31. The summed E-state index contributed by atoms with van der Waals surface area (Å²) in [5.41, 5.74) is -0.0761. The molecule has 0 atom stereocenters. The second-order valence-corrected chi connectivity index (χ2v) is 2.69. The molecule has 1 amide bonds. The van der Waals surface area contributed by atoms with Crippen LogP contribution in [0, 0.1) is 10.1 Å². The van der Waals surface area contributed by atoms with E-state index in [2.05, 4.69) is 5.32 Å². The Morgan fingerprint density at radius 2 is 2.20 bits per heavy atom. The maximum Gasteiger partial charge on any atom is 0.311 e. The highest BCUT2D eigenvalue weighted by Gasteiger charge is 2.21. The van der Waals surface area contributed by atoms with Gasteiger partial charge in [-0.3, -0.25) is 14.9 Å². The van der Waals surface area contributed by atoms with Gasteiger partial charge in [0, 0.05) is 13.1 Å². The van der Waals surface area contributed by atoms with E-state index in [1.807, 2.05) is 0 Å². The van der Waals surface area contributed by atoms with Gasteiger partial charge >= 0.3 is 5.69 Å². The van der Waals surface area contributed by atoms with E-state index >= 15 is 0 Å². The number of hydrogen-bond acceptors (Lipinski definition) is 4. The summed E-state index contributed by atoms with van der Waals surface area (Å²) in [6.07, 6.45) is 0. The second-order valence-electron chi connectivity index (χ2n) is 2.69. The van der Waals surface area contributed by atoms with Crippen LogP contribution in [-0.4, -0.2) is 25.0 Å². The van der Waals surface area contributed by atoms with Gasteiger partial charge in [0.2, 0.25) is 5.75 Å². The van der Waals surface area contributed by atoms with Crippen molar-refractivity contribution in [1.29, 1.82) is 0 Å². The summed E-state index contributed by atoms with van der Waals surface area (Å²) in [6.45, 7) is 0. The molecule has 0 saturated heterocycles. The summed E-state index contributed by atoms with van der Waals surface area (Å²) in [7, 11) is 2.73. The number of hydrogen-bond donors (Lipinski definition) is 1. The summed E-state index contributed by atoms with van der Waals surface area (Å²) in [5, 5.41) is 13.0. The number of nitro groups is 1.